The number of anilines is 1. The van der Waals surface area contributed by atoms with Crippen LogP contribution in [0, 0.1) is 11.3 Å². The highest BCUT2D eigenvalue weighted by atomic mass is 16.5. The number of morpholine rings is 1. The second-order valence-electron chi connectivity index (χ2n) is 6.08. The summed E-state index contributed by atoms with van der Waals surface area (Å²) in [6.45, 7) is 8.57. The molecule has 2 rings (SSSR count). The zero-order valence-electron chi connectivity index (χ0n) is 13.9. The van der Waals surface area contributed by atoms with Crippen LogP contribution in [-0.2, 0) is 4.74 Å². The van der Waals surface area contributed by atoms with Crippen molar-refractivity contribution in [3.8, 4) is 6.07 Å². The topological polar surface area (TPSA) is 77.4 Å². The van der Waals surface area contributed by atoms with Gasteiger partial charge in [0.25, 0.3) is 0 Å². The predicted octanol–water partition coefficient (Wildman–Crippen LogP) is 2.18. The molecule has 0 aromatic heterocycles. The highest BCUT2D eigenvalue weighted by Crippen LogP contribution is 2.13. The monoisotopic (exact) mass is 316 g/mol. The number of ether oxygens (including phenoxy) is 1. The minimum atomic E-state index is -0.240. The van der Waals surface area contributed by atoms with Crippen LogP contribution in [0.15, 0.2) is 24.3 Å². The highest BCUT2D eigenvalue weighted by molar-refractivity contribution is 5.89. The zero-order valence-corrected chi connectivity index (χ0v) is 13.9. The van der Waals surface area contributed by atoms with Gasteiger partial charge in [-0.3, -0.25) is 4.90 Å². The molecule has 1 saturated heterocycles. The van der Waals surface area contributed by atoms with Gasteiger partial charge in [-0.1, -0.05) is 0 Å². The molecule has 1 aromatic rings. The van der Waals surface area contributed by atoms with Crippen LogP contribution in [0.4, 0.5) is 10.5 Å². The summed E-state index contributed by atoms with van der Waals surface area (Å²) in [6, 6.07) is 8.83. The van der Waals surface area contributed by atoms with Gasteiger partial charge in [0, 0.05) is 31.4 Å². The highest BCUT2D eigenvalue weighted by Gasteiger charge is 2.25. The maximum absolute atomic E-state index is 12.0. The lowest BCUT2D eigenvalue weighted by atomic mass is 10.2. The third kappa shape index (κ3) is 5.23. The minimum absolute atomic E-state index is 0.216. The molecular formula is C17H24N4O2. The van der Waals surface area contributed by atoms with Gasteiger partial charge in [0.15, 0.2) is 0 Å². The Kier molecular flexibility index (Phi) is 5.97. The van der Waals surface area contributed by atoms with Gasteiger partial charge >= 0.3 is 6.03 Å². The van der Waals surface area contributed by atoms with E-state index in [9.17, 15) is 4.79 Å². The largest absolute Gasteiger partial charge is 0.373 e. The fourth-order valence-electron chi connectivity index (χ4n) is 2.75. The number of amides is 2. The van der Waals surface area contributed by atoms with E-state index in [0.29, 0.717) is 17.8 Å². The fourth-order valence-corrected chi connectivity index (χ4v) is 2.75. The van der Waals surface area contributed by atoms with Crippen molar-refractivity contribution in [2.24, 2.45) is 0 Å². The Morgan fingerprint density at radius 3 is 2.52 bits per heavy atom. The van der Waals surface area contributed by atoms with E-state index < -0.39 is 0 Å². The molecule has 2 amide bonds. The first-order valence-electron chi connectivity index (χ1n) is 7.92. The average molecular weight is 316 g/mol. The molecule has 0 bridgehead atoms. The van der Waals surface area contributed by atoms with Crippen molar-refractivity contribution in [1.82, 2.24) is 10.2 Å². The molecule has 0 radical (unpaired) electrons. The lowest BCUT2D eigenvalue weighted by Gasteiger charge is -2.38. The van der Waals surface area contributed by atoms with Gasteiger partial charge in [0.05, 0.1) is 23.8 Å². The maximum Gasteiger partial charge on any atom is 0.319 e. The zero-order chi connectivity index (χ0) is 16.8. The quantitative estimate of drug-likeness (QED) is 0.892. The Balaban J connectivity index is 1.78. The van der Waals surface area contributed by atoms with Crippen LogP contribution in [-0.4, -0.2) is 48.8 Å². The van der Waals surface area contributed by atoms with Gasteiger partial charge in [-0.15, -0.1) is 0 Å². The van der Waals surface area contributed by atoms with E-state index in [1.165, 1.54) is 0 Å². The molecule has 1 aliphatic rings. The number of benzene rings is 1. The number of carbonyl (C=O) groups excluding carboxylic acids is 1. The smallest absolute Gasteiger partial charge is 0.319 e. The summed E-state index contributed by atoms with van der Waals surface area (Å²) < 4.78 is 5.73. The van der Waals surface area contributed by atoms with Crippen LogP contribution < -0.4 is 10.6 Å². The molecular weight excluding hydrogens is 292 g/mol. The SMILES string of the molecule is C[C@H]1CN([C@@H](C)CNC(=O)Nc2ccc(C#N)cc2)C[C@H](C)O1. The van der Waals surface area contributed by atoms with Crippen LogP contribution in [0.5, 0.6) is 0 Å². The molecule has 0 saturated carbocycles. The van der Waals surface area contributed by atoms with E-state index >= 15 is 0 Å². The van der Waals surface area contributed by atoms with Crippen molar-refractivity contribution in [1.29, 1.82) is 5.26 Å². The Hall–Kier alpha value is -2.10. The molecule has 6 nitrogen and oxygen atoms in total. The van der Waals surface area contributed by atoms with Crippen LogP contribution in [0.3, 0.4) is 0 Å². The number of nitriles is 1. The molecule has 124 valence electrons. The van der Waals surface area contributed by atoms with Crippen molar-refractivity contribution in [3.05, 3.63) is 29.8 Å². The van der Waals surface area contributed by atoms with Gasteiger partial charge in [-0.05, 0) is 45.0 Å². The Bertz CT molecular complexity index is 557. The predicted molar refractivity (Wildman–Crippen MR) is 89.2 cm³/mol. The van der Waals surface area contributed by atoms with Crippen molar-refractivity contribution in [2.45, 2.75) is 39.0 Å². The number of nitrogens with zero attached hydrogens (tertiary/aromatic N) is 2. The molecule has 3 atom stereocenters. The van der Waals surface area contributed by atoms with Crippen LogP contribution >= 0.6 is 0 Å². The Morgan fingerprint density at radius 1 is 1.35 bits per heavy atom. The lowest BCUT2D eigenvalue weighted by Crippen LogP contribution is -2.52. The lowest BCUT2D eigenvalue weighted by molar-refractivity contribution is -0.0777. The minimum Gasteiger partial charge on any atom is -0.373 e. The first-order chi connectivity index (χ1) is 11.0. The molecule has 6 heteroatoms. The van der Waals surface area contributed by atoms with Gasteiger partial charge in [-0.2, -0.15) is 5.26 Å². The molecule has 1 aliphatic heterocycles. The van der Waals surface area contributed by atoms with Crippen molar-refractivity contribution in [2.75, 3.05) is 25.0 Å². The molecule has 1 heterocycles. The Morgan fingerprint density at radius 2 is 1.96 bits per heavy atom. The van der Waals surface area contributed by atoms with E-state index in [-0.39, 0.29) is 24.3 Å². The summed E-state index contributed by atoms with van der Waals surface area (Å²) in [7, 11) is 0. The molecule has 23 heavy (non-hydrogen) atoms. The van der Waals surface area contributed by atoms with Gasteiger partial charge < -0.3 is 15.4 Å². The maximum atomic E-state index is 12.0. The third-order valence-corrected chi connectivity index (χ3v) is 3.90. The third-order valence-electron chi connectivity index (χ3n) is 3.90. The summed E-state index contributed by atoms with van der Waals surface area (Å²) in [6.07, 6.45) is 0.433. The normalized spacial score (nSPS) is 22.9. The van der Waals surface area contributed by atoms with E-state index in [4.69, 9.17) is 10.00 Å². The van der Waals surface area contributed by atoms with E-state index in [0.717, 1.165) is 13.1 Å². The first-order valence-corrected chi connectivity index (χ1v) is 7.92. The molecule has 1 aromatic carbocycles. The summed E-state index contributed by atoms with van der Waals surface area (Å²) in [4.78, 5) is 14.3. The van der Waals surface area contributed by atoms with Crippen molar-refractivity contribution in [3.63, 3.8) is 0 Å². The molecule has 0 unspecified atom stereocenters. The Labute approximate surface area is 137 Å². The summed E-state index contributed by atoms with van der Waals surface area (Å²) in [5, 5.41) is 14.4. The average Bonchev–Trinajstić information content (AvgIpc) is 2.52. The second kappa shape index (κ2) is 7.95. The van der Waals surface area contributed by atoms with E-state index in [1.807, 2.05) is 6.07 Å². The summed E-state index contributed by atoms with van der Waals surface area (Å²) >= 11 is 0. The van der Waals surface area contributed by atoms with Gasteiger partial charge in [0.2, 0.25) is 0 Å². The van der Waals surface area contributed by atoms with Gasteiger partial charge in [-0.25, -0.2) is 4.79 Å². The molecule has 0 spiro atoms. The molecule has 0 aliphatic carbocycles. The second-order valence-corrected chi connectivity index (χ2v) is 6.08. The molecule has 1 fully saturated rings. The van der Waals surface area contributed by atoms with Crippen LogP contribution in [0.25, 0.3) is 0 Å². The first kappa shape index (κ1) is 17.3. The number of hydrogen-bond acceptors (Lipinski definition) is 4. The number of nitrogens with one attached hydrogen (secondary N) is 2. The number of carbonyl (C=O) groups is 1. The van der Waals surface area contributed by atoms with Crippen LogP contribution in [0.1, 0.15) is 26.3 Å². The fraction of sp³-hybridized carbons (Fsp3) is 0.529. The number of urea groups is 1. The molecule has 2 N–H and O–H groups in total. The summed E-state index contributed by atoms with van der Waals surface area (Å²) in [5.41, 5.74) is 1.24. The standard InChI is InChI=1S/C17H24N4O2/c1-12(21-10-13(2)23-14(3)11-21)9-19-17(22)20-16-6-4-15(8-18)5-7-16/h4-7,12-14H,9-11H2,1-3H3,(H2,19,20,22)/t12-,13-,14-/m0/s1. The summed E-state index contributed by atoms with van der Waals surface area (Å²) in [5.74, 6) is 0. The van der Waals surface area contributed by atoms with Gasteiger partial charge in [0.1, 0.15) is 0 Å². The number of hydrogen-bond donors (Lipinski definition) is 2. The van der Waals surface area contributed by atoms with Crippen LogP contribution in [0.2, 0.25) is 0 Å². The van der Waals surface area contributed by atoms with Crippen molar-refractivity contribution < 1.29 is 9.53 Å². The van der Waals surface area contributed by atoms with E-state index in [2.05, 4.69) is 36.3 Å². The van der Waals surface area contributed by atoms with E-state index in [1.54, 1.807) is 24.3 Å². The number of rotatable bonds is 4. The van der Waals surface area contributed by atoms with Crippen molar-refractivity contribution >= 4 is 11.7 Å².